The van der Waals surface area contributed by atoms with Crippen molar-refractivity contribution in [1.29, 1.82) is 0 Å². The van der Waals surface area contributed by atoms with Crippen molar-refractivity contribution in [2.75, 3.05) is 19.6 Å². The van der Waals surface area contributed by atoms with Crippen molar-refractivity contribution in [2.45, 2.75) is 51.9 Å². The molecule has 2 N–H and O–H groups in total. The van der Waals surface area contributed by atoms with E-state index in [1.54, 1.807) is 0 Å². The summed E-state index contributed by atoms with van der Waals surface area (Å²) < 4.78 is 0. The predicted molar refractivity (Wildman–Crippen MR) is 81.1 cm³/mol. The highest BCUT2D eigenvalue weighted by molar-refractivity contribution is 5.74. The molecule has 0 bridgehead atoms. The molecule has 3 atom stereocenters. The molecule has 1 aliphatic carbocycles. The zero-order chi connectivity index (χ0) is 15.2. The third kappa shape index (κ3) is 4.61. The molecule has 120 valence electrons. The number of nitrogens with one attached hydrogen (secondary N) is 1. The summed E-state index contributed by atoms with van der Waals surface area (Å²) >= 11 is 0. The maximum atomic E-state index is 12.2. The second kappa shape index (κ2) is 7.66. The monoisotopic (exact) mass is 296 g/mol. The van der Waals surface area contributed by atoms with Crippen LogP contribution in [0.4, 0.5) is 4.79 Å². The Morgan fingerprint density at radius 2 is 1.86 bits per heavy atom. The zero-order valence-electron chi connectivity index (χ0n) is 13.0. The lowest BCUT2D eigenvalue weighted by Gasteiger charge is -2.29. The highest BCUT2D eigenvalue weighted by Gasteiger charge is 2.31. The van der Waals surface area contributed by atoms with Crippen LogP contribution in [-0.2, 0) is 4.79 Å². The van der Waals surface area contributed by atoms with Gasteiger partial charge in [-0.1, -0.05) is 19.8 Å². The molecule has 0 aromatic rings. The molecule has 2 amide bonds. The number of carbonyl (C=O) groups is 2. The van der Waals surface area contributed by atoms with Gasteiger partial charge in [0.05, 0.1) is 5.92 Å². The molecule has 5 nitrogen and oxygen atoms in total. The van der Waals surface area contributed by atoms with Crippen LogP contribution in [0.5, 0.6) is 0 Å². The number of hydrogen-bond acceptors (Lipinski definition) is 2. The molecule has 0 radical (unpaired) electrons. The first kappa shape index (κ1) is 16.1. The van der Waals surface area contributed by atoms with E-state index in [2.05, 4.69) is 12.2 Å². The highest BCUT2D eigenvalue weighted by atomic mass is 16.4. The Hall–Kier alpha value is -1.26. The number of likely N-dealkylation sites (tertiary alicyclic amines) is 1. The number of rotatable bonds is 3. The van der Waals surface area contributed by atoms with Gasteiger partial charge in [0.25, 0.3) is 0 Å². The number of hydrogen-bond donors (Lipinski definition) is 2. The third-order valence-electron chi connectivity index (χ3n) is 5.05. The van der Waals surface area contributed by atoms with Crippen molar-refractivity contribution in [2.24, 2.45) is 17.8 Å². The number of amides is 2. The molecule has 1 saturated carbocycles. The normalized spacial score (nSPS) is 30.5. The number of carboxylic acids is 1. The van der Waals surface area contributed by atoms with Gasteiger partial charge in [-0.15, -0.1) is 0 Å². The predicted octanol–water partition coefficient (Wildman–Crippen LogP) is 2.71. The second-order valence-corrected chi connectivity index (χ2v) is 6.70. The fourth-order valence-electron chi connectivity index (χ4n) is 3.57. The summed E-state index contributed by atoms with van der Waals surface area (Å²) in [7, 11) is 0. The third-order valence-corrected chi connectivity index (χ3v) is 5.05. The fourth-order valence-corrected chi connectivity index (χ4v) is 3.57. The van der Waals surface area contributed by atoms with Crippen molar-refractivity contribution in [3.05, 3.63) is 0 Å². The molecule has 1 saturated heterocycles. The van der Waals surface area contributed by atoms with Crippen molar-refractivity contribution in [3.63, 3.8) is 0 Å². The molecule has 1 heterocycles. The average Bonchev–Trinajstić information content (AvgIpc) is 2.69. The van der Waals surface area contributed by atoms with Crippen LogP contribution >= 0.6 is 0 Å². The summed E-state index contributed by atoms with van der Waals surface area (Å²) in [6.07, 6.45) is 7.04. The first-order valence-corrected chi connectivity index (χ1v) is 8.33. The smallest absolute Gasteiger partial charge is 0.317 e. The van der Waals surface area contributed by atoms with E-state index in [0.29, 0.717) is 12.5 Å². The van der Waals surface area contributed by atoms with Crippen LogP contribution in [0.1, 0.15) is 51.9 Å². The van der Waals surface area contributed by atoms with Gasteiger partial charge in [-0.2, -0.15) is 0 Å². The topological polar surface area (TPSA) is 69.6 Å². The van der Waals surface area contributed by atoms with E-state index >= 15 is 0 Å². The molecular formula is C16H28N2O3. The van der Waals surface area contributed by atoms with Gasteiger partial charge in [0, 0.05) is 19.6 Å². The van der Waals surface area contributed by atoms with Crippen LogP contribution in [0.25, 0.3) is 0 Å². The van der Waals surface area contributed by atoms with Crippen molar-refractivity contribution in [1.82, 2.24) is 10.2 Å². The Bertz CT molecular complexity index is 373. The van der Waals surface area contributed by atoms with Gasteiger partial charge in [-0.25, -0.2) is 4.79 Å². The second-order valence-electron chi connectivity index (χ2n) is 6.70. The Kier molecular flexibility index (Phi) is 5.88. The number of urea groups is 1. The number of carbonyl (C=O) groups excluding carboxylic acids is 1. The Morgan fingerprint density at radius 1 is 1.10 bits per heavy atom. The van der Waals surface area contributed by atoms with E-state index in [4.69, 9.17) is 0 Å². The summed E-state index contributed by atoms with van der Waals surface area (Å²) in [5.41, 5.74) is 0. The summed E-state index contributed by atoms with van der Waals surface area (Å²) in [5, 5.41) is 12.2. The minimum absolute atomic E-state index is 0.0150. The molecule has 0 spiro atoms. The largest absolute Gasteiger partial charge is 0.481 e. The molecule has 3 unspecified atom stereocenters. The summed E-state index contributed by atoms with van der Waals surface area (Å²) in [5.74, 6) is -0.218. The first-order chi connectivity index (χ1) is 10.1. The lowest BCUT2D eigenvalue weighted by Crippen LogP contribution is -2.44. The lowest BCUT2D eigenvalue weighted by molar-refractivity contribution is -0.144. The van der Waals surface area contributed by atoms with Crippen LogP contribution < -0.4 is 5.32 Å². The molecule has 2 aliphatic rings. The SMILES string of the molecule is CC1CCCN(C(=O)NCC2CCCCC2C(=O)O)CC1. The van der Waals surface area contributed by atoms with Gasteiger partial charge in [0.1, 0.15) is 0 Å². The zero-order valence-corrected chi connectivity index (χ0v) is 13.0. The molecular weight excluding hydrogens is 268 g/mol. The standard InChI is InChI=1S/C16H28N2O3/c1-12-5-4-9-18(10-8-12)16(21)17-11-13-6-2-3-7-14(13)15(19)20/h12-14H,2-11H2,1H3,(H,17,21)(H,19,20). The van der Waals surface area contributed by atoms with Gasteiger partial charge in [0.2, 0.25) is 0 Å². The van der Waals surface area contributed by atoms with E-state index in [9.17, 15) is 14.7 Å². The van der Waals surface area contributed by atoms with E-state index in [1.165, 1.54) is 6.42 Å². The van der Waals surface area contributed by atoms with Gasteiger partial charge in [-0.3, -0.25) is 4.79 Å². The van der Waals surface area contributed by atoms with Crippen molar-refractivity contribution < 1.29 is 14.7 Å². The Balaban J connectivity index is 1.80. The van der Waals surface area contributed by atoms with E-state index in [0.717, 1.165) is 51.6 Å². The van der Waals surface area contributed by atoms with Crippen LogP contribution in [0.3, 0.4) is 0 Å². The summed E-state index contributed by atoms with van der Waals surface area (Å²) in [4.78, 5) is 25.4. The first-order valence-electron chi connectivity index (χ1n) is 8.33. The molecule has 2 fully saturated rings. The quantitative estimate of drug-likeness (QED) is 0.841. The lowest BCUT2D eigenvalue weighted by atomic mass is 9.79. The van der Waals surface area contributed by atoms with Crippen LogP contribution in [0, 0.1) is 17.8 Å². The fraction of sp³-hybridized carbons (Fsp3) is 0.875. The van der Waals surface area contributed by atoms with Crippen LogP contribution in [0.2, 0.25) is 0 Å². The molecule has 5 heteroatoms. The minimum Gasteiger partial charge on any atom is -0.481 e. The van der Waals surface area contributed by atoms with Gasteiger partial charge < -0.3 is 15.3 Å². The maximum absolute atomic E-state index is 12.2. The van der Waals surface area contributed by atoms with Gasteiger partial charge in [0.15, 0.2) is 0 Å². The van der Waals surface area contributed by atoms with E-state index in [-0.39, 0.29) is 17.9 Å². The Labute approximate surface area is 127 Å². The van der Waals surface area contributed by atoms with Gasteiger partial charge in [-0.05, 0) is 43.9 Å². The van der Waals surface area contributed by atoms with Crippen molar-refractivity contribution >= 4 is 12.0 Å². The molecule has 1 aliphatic heterocycles. The van der Waals surface area contributed by atoms with Crippen LogP contribution in [0.15, 0.2) is 0 Å². The molecule has 0 aromatic carbocycles. The van der Waals surface area contributed by atoms with Gasteiger partial charge >= 0.3 is 12.0 Å². The Morgan fingerprint density at radius 3 is 2.62 bits per heavy atom. The van der Waals surface area contributed by atoms with E-state index in [1.807, 2.05) is 4.90 Å². The summed E-state index contributed by atoms with van der Waals surface area (Å²) in [6.45, 7) is 4.38. The maximum Gasteiger partial charge on any atom is 0.317 e. The number of nitrogens with zero attached hydrogens (tertiary/aromatic N) is 1. The highest BCUT2D eigenvalue weighted by Crippen LogP contribution is 2.29. The molecule has 2 rings (SSSR count). The molecule has 0 aromatic heterocycles. The summed E-state index contributed by atoms with van der Waals surface area (Å²) in [6, 6.07) is -0.0150. The average molecular weight is 296 g/mol. The number of carboxylic acid groups (broad SMARTS) is 1. The van der Waals surface area contributed by atoms with Crippen LogP contribution in [-0.4, -0.2) is 41.6 Å². The van der Waals surface area contributed by atoms with Crippen molar-refractivity contribution in [3.8, 4) is 0 Å². The number of aliphatic carboxylic acids is 1. The van der Waals surface area contributed by atoms with E-state index < -0.39 is 5.97 Å². The minimum atomic E-state index is -0.711. The molecule has 21 heavy (non-hydrogen) atoms.